The van der Waals surface area contributed by atoms with Gasteiger partial charge in [0, 0.05) is 6.16 Å². The summed E-state index contributed by atoms with van der Waals surface area (Å²) in [5, 5.41) is 0. The Labute approximate surface area is 183 Å². The molecule has 3 aromatic rings. The van der Waals surface area contributed by atoms with Gasteiger partial charge in [0.2, 0.25) is 0 Å². The Balaban J connectivity index is 1.38. The molecule has 0 bridgehead atoms. The van der Waals surface area contributed by atoms with E-state index in [0.717, 1.165) is 57.9 Å². The molecule has 3 aromatic carbocycles. The summed E-state index contributed by atoms with van der Waals surface area (Å²) >= 11 is 0. The van der Waals surface area contributed by atoms with Gasteiger partial charge in [-0.3, -0.25) is 0 Å². The van der Waals surface area contributed by atoms with Crippen LogP contribution in [-0.4, -0.2) is 19.4 Å². The fourth-order valence-corrected chi connectivity index (χ4v) is 4.81. The van der Waals surface area contributed by atoms with Crippen LogP contribution in [0.5, 0.6) is 0 Å². The summed E-state index contributed by atoms with van der Waals surface area (Å²) in [6.45, 7) is 1.54. The summed E-state index contributed by atoms with van der Waals surface area (Å²) in [6.07, 6.45) is 7.38. The van der Waals surface area contributed by atoms with Crippen LogP contribution >= 0.6 is 8.38 Å². The second-order valence-electron chi connectivity index (χ2n) is 7.49. The lowest BCUT2D eigenvalue weighted by molar-refractivity contribution is 0.244. The molecular weight excluding hydrogens is 387 g/mol. The molecule has 0 radical (unpaired) electrons. The molecule has 30 heavy (non-hydrogen) atoms. The summed E-state index contributed by atoms with van der Waals surface area (Å²) in [7, 11) is -0.818. The van der Waals surface area contributed by atoms with Gasteiger partial charge < -0.3 is 9.05 Å². The molecule has 2 nitrogen and oxygen atoms in total. The summed E-state index contributed by atoms with van der Waals surface area (Å²) < 4.78 is 12.4. The summed E-state index contributed by atoms with van der Waals surface area (Å²) in [4.78, 5) is 0. The van der Waals surface area contributed by atoms with E-state index >= 15 is 0 Å². The maximum Gasteiger partial charge on any atom is 0.170 e. The molecule has 0 heterocycles. The maximum absolute atomic E-state index is 6.20. The van der Waals surface area contributed by atoms with Crippen molar-refractivity contribution < 1.29 is 9.05 Å². The Morgan fingerprint density at radius 2 is 0.833 bits per heavy atom. The predicted octanol–water partition coefficient (Wildman–Crippen LogP) is 7.23. The van der Waals surface area contributed by atoms with E-state index in [-0.39, 0.29) is 0 Å². The molecule has 3 heteroatoms. The van der Waals surface area contributed by atoms with Gasteiger partial charge in [-0.15, -0.1) is 0 Å². The summed E-state index contributed by atoms with van der Waals surface area (Å²) in [5.74, 6) is 0. The fraction of sp³-hybridized carbons (Fsp3) is 0.333. The van der Waals surface area contributed by atoms with Gasteiger partial charge in [0.15, 0.2) is 8.38 Å². The molecule has 0 aliphatic heterocycles. The summed E-state index contributed by atoms with van der Waals surface area (Å²) in [6, 6.07) is 31.9. The van der Waals surface area contributed by atoms with Gasteiger partial charge in [0.05, 0.1) is 13.2 Å². The van der Waals surface area contributed by atoms with Crippen LogP contribution in [0.1, 0.15) is 36.0 Å². The number of rotatable bonds is 14. The third-order valence-electron chi connectivity index (χ3n) is 5.02. The number of hydrogen-bond donors (Lipinski definition) is 0. The first-order chi connectivity index (χ1) is 14.9. The van der Waals surface area contributed by atoms with E-state index < -0.39 is 8.38 Å². The van der Waals surface area contributed by atoms with Crippen molar-refractivity contribution in [3.05, 3.63) is 108 Å². The zero-order chi connectivity index (χ0) is 20.7. The topological polar surface area (TPSA) is 18.5 Å². The van der Waals surface area contributed by atoms with E-state index in [4.69, 9.17) is 9.05 Å². The summed E-state index contributed by atoms with van der Waals surface area (Å²) in [5.41, 5.74) is 4.14. The van der Waals surface area contributed by atoms with Crippen molar-refractivity contribution in [2.24, 2.45) is 0 Å². The molecule has 0 amide bonds. The molecular formula is C27H33O2P. The van der Waals surface area contributed by atoms with Gasteiger partial charge in [-0.25, -0.2) is 0 Å². The highest BCUT2D eigenvalue weighted by atomic mass is 31.2. The van der Waals surface area contributed by atoms with Crippen LogP contribution in [0.4, 0.5) is 0 Å². The smallest absolute Gasteiger partial charge is 0.170 e. The molecule has 3 rings (SSSR count). The highest BCUT2D eigenvalue weighted by Crippen LogP contribution is 2.39. The zero-order valence-electron chi connectivity index (χ0n) is 17.8. The molecule has 0 N–H and O–H groups in total. The van der Waals surface area contributed by atoms with Crippen molar-refractivity contribution in [2.75, 3.05) is 19.4 Å². The average molecular weight is 421 g/mol. The molecule has 0 aliphatic carbocycles. The minimum atomic E-state index is -0.818. The van der Waals surface area contributed by atoms with Crippen LogP contribution in [0.2, 0.25) is 0 Å². The predicted molar refractivity (Wildman–Crippen MR) is 128 cm³/mol. The van der Waals surface area contributed by atoms with Crippen molar-refractivity contribution in [1.29, 1.82) is 0 Å². The average Bonchev–Trinajstić information content (AvgIpc) is 2.81. The van der Waals surface area contributed by atoms with Gasteiger partial charge in [0.1, 0.15) is 0 Å². The quantitative estimate of drug-likeness (QED) is 0.202. The van der Waals surface area contributed by atoms with Crippen LogP contribution in [0.15, 0.2) is 91.0 Å². The van der Waals surface area contributed by atoms with E-state index in [1.807, 2.05) is 0 Å². The first kappa shape index (κ1) is 22.7. The lowest BCUT2D eigenvalue weighted by Gasteiger charge is -2.18. The zero-order valence-corrected chi connectivity index (χ0v) is 18.7. The van der Waals surface area contributed by atoms with Crippen LogP contribution < -0.4 is 0 Å². The molecule has 0 saturated carbocycles. The Bertz CT molecular complexity index is 745. The lowest BCUT2D eigenvalue weighted by atomic mass is 10.1. The first-order valence-electron chi connectivity index (χ1n) is 11.1. The SMILES string of the molecule is c1ccc(CCCOP(CCCc2ccccc2)OCCCc2ccccc2)cc1. The van der Waals surface area contributed by atoms with Crippen LogP contribution in [0.3, 0.4) is 0 Å². The van der Waals surface area contributed by atoms with Crippen molar-refractivity contribution in [3.63, 3.8) is 0 Å². The van der Waals surface area contributed by atoms with Gasteiger partial charge in [-0.05, 0) is 55.2 Å². The van der Waals surface area contributed by atoms with Crippen LogP contribution in [0.25, 0.3) is 0 Å². The normalized spacial score (nSPS) is 11.1. The van der Waals surface area contributed by atoms with E-state index in [1.54, 1.807) is 0 Å². The maximum atomic E-state index is 6.20. The molecule has 0 saturated heterocycles. The highest BCUT2D eigenvalue weighted by Gasteiger charge is 2.11. The minimum Gasteiger partial charge on any atom is -0.334 e. The molecule has 158 valence electrons. The van der Waals surface area contributed by atoms with Gasteiger partial charge in [0.25, 0.3) is 0 Å². The van der Waals surface area contributed by atoms with E-state index in [1.165, 1.54) is 16.7 Å². The Kier molecular flexibility index (Phi) is 10.7. The van der Waals surface area contributed by atoms with Crippen LogP contribution in [0, 0.1) is 0 Å². The second-order valence-corrected chi connectivity index (χ2v) is 9.12. The van der Waals surface area contributed by atoms with Crippen LogP contribution in [-0.2, 0) is 28.3 Å². The molecule has 0 spiro atoms. The van der Waals surface area contributed by atoms with Crippen molar-refractivity contribution in [3.8, 4) is 0 Å². The standard InChI is InChI=1S/C27H33O2P/c1-4-13-25(14-5-1)19-10-22-28-30(24-12-21-27-17-8-3-9-18-27)29-23-11-20-26-15-6-2-7-16-26/h1-9,13-18H,10-12,19-24H2. The second kappa shape index (κ2) is 14.1. The van der Waals surface area contributed by atoms with E-state index in [2.05, 4.69) is 91.0 Å². The monoisotopic (exact) mass is 420 g/mol. The van der Waals surface area contributed by atoms with Gasteiger partial charge >= 0.3 is 0 Å². The molecule has 0 aliphatic rings. The Morgan fingerprint density at radius 3 is 1.23 bits per heavy atom. The van der Waals surface area contributed by atoms with Gasteiger partial charge in [-0.1, -0.05) is 91.0 Å². The molecule has 0 aromatic heterocycles. The minimum absolute atomic E-state index is 0.768. The third-order valence-corrected chi connectivity index (χ3v) is 6.65. The lowest BCUT2D eigenvalue weighted by Crippen LogP contribution is -2.02. The third kappa shape index (κ3) is 9.22. The Hall–Kier alpha value is -1.99. The van der Waals surface area contributed by atoms with E-state index in [0.29, 0.717) is 0 Å². The number of benzene rings is 3. The van der Waals surface area contributed by atoms with Gasteiger partial charge in [-0.2, -0.15) is 0 Å². The Morgan fingerprint density at radius 1 is 0.467 bits per heavy atom. The number of aryl methyl sites for hydroxylation is 3. The number of hydrogen-bond acceptors (Lipinski definition) is 2. The van der Waals surface area contributed by atoms with Crippen molar-refractivity contribution in [2.45, 2.75) is 38.5 Å². The van der Waals surface area contributed by atoms with Crippen molar-refractivity contribution in [1.82, 2.24) is 0 Å². The molecule has 0 atom stereocenters. The largest absolute Gasteiger partial charge is 0.334 e. The highest BCUT2D eigenvalue weighted by molar-refractivity contribution is 7.47. The first-order valence-corrected chi connectivity index (χ1v) is 12.4. The molecule has 0 unspecified atom stereocenters. The fourth-order valence-electron chi connectivity index (χ4n) is 3.40. The molecule has 0 fully saturated rings. The van der Waals surface area contributed by atoms with E-state index in [9.17, 15) is 0 Å². The van der Waals surface area contributed by atoms with Crippen molar-refractivity contribution >= 4 is 8.38 Å².